The van der Waals surface area contributed by atoms with Gasteiger partial charge in [0.2, 0.25) is 5.88 Å². The van der Waals surface area contributed by atoms with E-state index in [0.29, 0.717) is 22.8 Å². The lowest BCUT2D eigenvalue weighted by Crippen LogP contribution is -2.14. The minimum absolute atomic E-state index is 0.126. The van der Waals surface area contributed by atoms with E-state index in [9.17, 15) is 9.90 Å². The molecule has 0 aliphatic heterocycles. The second kappa shape index (κ2) is 5.62. The standard InChI is InChI=1S/C18H14ClN3O2/c19-13-6-2-4-8-16(13)22-17(23)15(21-18(22)24)9-11-10-20-14-7-3-1-5-12(11)14/h1-8,10,20,23H,9H2,(H,21,24). The Morgan fingerprint density at radius 3 is 2.67 bits per heavy atom. The number of H-pyrrole nitrogens is 2. The van der Waals surface area contributed by atoms with Crippen LogP contribution in [0.15, 0.2) is 59.5 Å². The molecular weight excluding hydrogens is 326 g/mol. The molecule has 0 aliphatic rings. The normalized spacial score (nSPS) is 11.2. The number of hydrogen-bond acceptors (Lipinski definition) is 2. The van der Waals surface area contributed by atoms with Gasteiger partial charge in [0.25, 0.3) is 0 Å². The van der Waals surface area contributed by atoms with E-state index in [0.717, 1.165) is 16.5 Å². The first kappa shape index (κ1) is 14.7. The van der Waals surface area contributed by atoms with Crippen LogP contribution in [0.25, 0.3) is 16.6 Å². The SMILES string of the molecule is O=c1[nH]c(Cc2c[nH]c3ccccc23)c(O)n1-c1ccccc1Cl. The second-order valence-electron chi connectivity index (χ2n) is 5.56. The van der Waals surface area contributed by atoms with Crippen molar-refractivity contribution in [2.24, 2.45) is 0 Å². The number of rotatable bonds is 3. The highest BCUT2D eigenvalue weighted by Gasteiger charge is 2.17. The van der Waals surface area contributed by atoms with Crippen molar-refractivity contribution in [2.75, 3.05) is 0 Å². The van der Waals surface area contributed by atoms with Gasteiger partial charge in [-0.25, -0.2) is 9.36 Å². The van der Waals surface area contributed by atoms with Crippen molar-refractivity contribution in [1.29, 1.82) is 0 Å². The Kier molecular flexibility index (Phi) is 3.43. The van der Waals surface area contributed by atoms with Crippen LogP contribution < -0.4 is 5.69 Å². The summed E-state index contributed by atoms with van der Waals surface area (Å²) in [6.07, 6.45) is 2.29. The topological polar surface area (TPSA) is 73.8 Å². The zero-order valence-corrected chi connectivity index (χ0v) is 13.3. The Hall–Kier alpha value is -2.92. The number of nitrogens with zero attached hydrogens (tertiary/aromatic N) is 1. The van der Waals surface area contributed by atoms with Crippen molar-refractivity contribution in [2.45, 2.75) is 6.42 Å². The highest BCUT2D eigenvalue weighted by molar-refractivity contribution is 6.32. The Labute approximate surface area is 142 Å². The van der Waals surface area contributed by atoms with Gasteiger partial charge in [0.1, 0.15) is 0 Å². The highest BCUT2D eigenvalue weighted by atomic mass is 35.5. The Morgan fingerprint density at radius 1 is 1.08 bits per heavy atom. The highest BCUT2D eigenvalue weighted by Crippen LogP contribution is 2.27. The van der Waals surface area contributed by atoms with Gasteiger partial charge in [0.05, 0.1) is 16.4 Å². The lowest BCUT2D eigenvalue weighted by atomic mass is 10.1. The van der Waals surface area contributed by atoms with E-state index in [1.165, 1.54) is 4.57 Å². The molecule has 0 atom stereocenters. The Bertz CT molecular complexity index is 1090. The number of halogens is 1. The molecule has 0 fully saturated rings. The summed E-state index contributed by atoms with van der Waals surface area (Å²) in [5.74, 6) is -0.126. The molecule has 4 rings (SSSR count). The van der Waals surface area contributed by atoms with Crippen LogP contribution in [0.1, 0.15) is 11.3 Å². The summed E-state index contributed by atoms with van der Waals surface area (Å²) >= 11 is 6.14. The molecule has 2 aromatic carbocycles. The fourth-order valence-corrected chi connectivity index (χ4v) is 3.14. The van der Waals surface area contributed by atoms with Crippen molar-refractivity contribution in [3.63, 3.8) is 0 Å². The number of hydrogen-bond donors (Lipinski definition) is 3. The fraction of sp³-hybridized carbons (Fsp3) is 0.0556. The van der Waals surface area contributed by atoms with Crippen molar-refractivity contribution in [3.05, 3.63) is 81.5 Å². The molecule has 0 saturated carbocycles. The van der Waals surface area contributed by atoms with Crippen molar-refractivity contribution < 1.29 is 5.11 Å². The van der Waals surface area contributed by atoms with Crippen LogP contribution in [-0.2, 0) is 6.42 Å². The minimum Gasteiger partial charge on any atom is -0.493 e. The van der Waals surface area contributed by atoms with E-state index >= 15 is 0 Å². The van der Waals surface area contributed by atoms with Crippen molar-refractivity contribution in [3.8, 4) is 11.6 Å². The molecule has 3 N–H and O–H groups in total. The lowest BCUT2D eigenvalue weighted by Gasteiger charge is -2.05. The predicted octanol–water partition coefficient (Wildman–Crippen LogP) is 3.60. The van der Waals surface area contributed by atoms with E-state index in [4.69, 9.17) is 11.6 Å². The number of imidazole rings is 1. The van der Waals surface area contributed by atoms with Crippen LogP contribution in [0.4, 0.5) is 0 Å². The number of benzene rings is 2. The Morgan fingerprint density at radius 2 is 1.83 bits per heavy atom. The Balaban J connectivity index is 1.80. The first-order chi connectivity index (χ1) is 11.6. The van der Waals surface area contributed by atoms with Gasteiger partial charge in [-0.05, 0) is 23.8 Å². The van der Waals surface area contributed by atoms with Crippen molar-refractivity contribution >= 4 is 22.5 Å². The average Bonchev–Trinajstić information content (AvgIpc) is 3.11. The first-order valence-electron chi connectivity index (χ1n) is 7.48. The van der Waals surface area contributed by atoms with Crippen molar-refractivity contribution in [1.82, 2.24) is 14.5 Å². The van der Waals surface area contributed by atoms with E-state index < -0.39 is 5.69 Å². The summed E-state index contributed by atoms with van der Waals surface area (Å²) < 4.78 is 1.19. The maximum absolute atomic E-state index is 12.3. The number of nitrogens with one attached hydrogen (secondary N) is 2. The maximum atomic E-state index is 12.3. The quantitative estimate of drug-likeness (QED) is 0.533. The summed E-state index contributed by atoms with van der Waals surface area (Å²) in [7, 11) is 0. The van der Waals surface area contributed by atoms with Gasteiger partial charge in [-0.15, -0.1) is 0 Å². The number of aromatic nitrogens is 3. The summed E-state index contributed by atoms with van der Waals surface area (Å²) in [6, 6.07) is 14.8. The summed E-state index contributed by atoms with van der Waals surface area (Å²) in [4.78, 5) is 18.2. The van der Waals surface area contributed by atoms with Gasteiger partial charge in [-0.3, -0.25) is 0 Å². The fourth-order valence-electron chi connectivity index (χ4n) is 2.92. The molecule has 2 heterocycles. The van der Waals surface area contributed by atoms with E-state index in [1.807, 2.05) is 30.5 Å². The predicted molar refractivity (Wildman–Crippen MR) is 94.2 cm³/mol. The van der Waals surface area contributed by atoms with Crippen LogP contribution in [0.3, 0.4) is 0 Å². The number of aromatic amines is 2. The molecule has 0 bridgehead atoms. The molecule has 0 unspecified atom stereocenters. The van der Waals surface area contributed by atoms with Gasteiger partial charge in [-0.1, -0.05) is 41.9 Å². The van der Waals surface area contributed by atoms with E-state index in [1.54, 1.807) is 24.3 Å². The third-order valence-electron chi connectivity index (χ3n) is 4.08. The van der Waals surface area contributed by atoms with Crippen LogP contribution in [-0.4, -0.2) is 19.6 Å². The molecule has 5 nitrogen and oxygen atoms in total. The second-order valence-corrected chi connectivity index (χ2v) is 5.96. The van der Waals surface area contributed by atoms with Crippen LogP contribution in [0.2, 0.25) is 5.02 Å². The molecule has 4 aromatic rings. The zero-order valence-electron chi connectivity index (χ0n) is 12.6. The average molecular weight is 340 g/mol. The number of para-hydroxylation sites is 2. The van der Waals surface area contributed by atoms with Crippen LogP contribution in [0.5, 0.6) is 5.88 Å². The minimum atomic E-state index is -0.421. The molecular formula is C18H14ClN3O2. The van der Waals surface area contributed by atoms with Crippen LogP contribution in [0, 0.1) is 0 Å². The number of fused-ring (bicyclic) bond motifs is 1. The molecule has 0 radical (unpaired) electrons. The smallest absolute Gasteiger partial charge is 0.333 e. The summed E-state index contributed by atoms with van der Waals surface area (Å²) in [6.45, 7) is 0. The largest absolute Gasteiger partial charge is 0.493 e. The van der Waals surface area contributed by atoms with Gasteiger partial charge >= 0.3 is 5.69 Å². The zero-order chi connectivity index (χ0) is 16.7. The third-order valence-corrected chi connectivity index (χ3v) is 4.40. The molecule has 120 valence electrons. The summed E-state index contributed by atoms with van der Waals surface area (Å²) in [5.41, 5.74) is 2.48. The van der Waals surface area contributed by atoms with Gasteiger partial charge in [0, 0.05) is 23.5 Å². The summed E-state index contributed by atoms with van der Waals surface area (Å²) in [5, 5.41) is 12.0. The van der Waals surface area contributed by atoms with E-state index in [2.05, 4.69) is 9.97 Å². The van der Waals surface area contributed by atoms with Crippen LogP contribution >= 0.6 is 11.6 Å². The lowest BCUT2D eigenvalue weighted by molar-refractivity contribution is 0.435. The molecule has 6 heteroatoms. The van der Waals surface area contributed by atoms with E-state index in [-0.39, 0.29) is 5.88 Å². The first-order valence-corrected chi connectivity index (χ1v) is 7.85. The number of aromatic hydroxyl groups is 1. The molecule has 0 amide bonds. The molecule has 2 aromatic heterocycles. The maximum Gasteiger partial charge on any atom is 0.333 e. The van der Waals surface area contributed by atoms with Gasteiger partial charge < -0.3 is 15.1 Å². The molecule has 0 aliphatic carbocycles. The van der Waals surface area contributed by atoms with Gasteiger partial charge in [0.15, 0.2) is 0 Å². The monoisotopic (exact) mass is 339 g/mol. The molecule has 24 heavy (non-hydrogen) atoms. The molecule has 0 saturated heterocycles. The van der Waals surface area contributed by atoms with Gasteiger partial charge in [-0.2, -0.15) is 0 Å². The third kappa shape index (κ3) is 2.30. The molecule has 0 spiro atoms.